The molecule has 4 heterocycles. The molecule has 0 N–H and O–H groups in total. The number of rotatable bonds is 12. The number of para-hydroxylation sites is 2. The molecule has 0 radical (unpaired) electrons. The second-order valence-corrected chi connectivity index (χ2v) is 13.4. The van der Waals surface area contributed by atoms with Gasteiger partial charge in [0.15, 0.2) is 0 Å². The number of aromatic nitrogens is 2. The van der Waals surface area contributed by atoms with Gasteiger partial charge in [0, 0.05) is 10.8 Å². The van der Waals surface area contributed by atoms with Gasteiger partial charge in [0.25, 0.3) is 0 Å². The number of thiazole rings is 2. The first-order chi connectivity index (χ1) is 20.7. The van der Waals surface area contributed by atoms with E-state index in [2.05, 4.69) is 50.2 Å². The number of hydrogen-bond donors (Lipinski definition) is 0. The fourth-order valence-electron chi connectivity index (χ4n) is 5.91. The maximum Gasteiger partial charge on any atom is 0.139 e. The Kier molecular flexibility index (Phi) is 7.83. The lowest BCUT2D eigenvalue weighted by Crippen LogP contribution is -1.87. The van der Waals surface area contributed by atoms with Crippen molar-refractivity contribution in [1.82, 2.24) is 9.97 Å². The standard InChI is InChI=1S/C36H36N2O2S2/c1-3-5-7-9-19-29-37-33-31(27-21-23-15-11-13-17-25(23)39-27)36-34(38-30(42-36)20-10-8-6-4-2)32(35(33)41-29)28-22-24-16-12-14-18-26(24)40-28/h11-18,21-22H,3-10,19-20H2,1-2H3. The highest BCUT2D eigenvalue weighted by molar-refractivity contribution is 7.21. The van der Waals surface area contributed by atoms with Crippen LogP contribution in [-0.4, -0.2) is 9.97 Å². The molecule has 0 aliphatic heterocycles. The maximum atomic E-state index is 6.53. The van der Waals surface area contributed by atoms with Gasteiger partial charge in [-0.2, -0.15) is 0 Å². The lowest BCUT2D eigenvalue weighted by atomic mass is 10.0. The summed E-state index contributed by atoms with van der Waals surface area (Å²) in [7, 11) is 0. The SMILES string of the molecule is CCCCCCc1nc2c(-c3cc4ccccc4o3)c3sc(CCCCCC)nc3c(-c3cc4ccccc4o3)c2s1. The molecule has 6 heteroatoms. The van der Waals surface area contributed by atoms with Gasteiger partial charge in [-0.25, -0.2) is 9.97 Å². The van der Waals surface area contributed by atoms with Crippen LogP contribution >= 0.6 is 22.7 Å². The molecule has 7 rings (SSSR count). The van der Waals surface area contributed by atoms with Crippen LogP contribution in [0.3, 0.4) is 0 Å². The van der Waals surface area contributed by atoms with Crippen LogP contribution in [0.1, 0.15) is 75.2 Å². The zero-order chi connectivity index (χ0) is 28.5. The third kappa shape index (κ3) is 5.16. The highest BCUT2D eigenvalue weighted by Crippen LogP contribution is 2.49. The zero-order valence-electron chi connectivity index (χ0n) is 24.4. The Labute approximate surface area is 254 Å². The van der Waals surface area contributed by atoms with Crippen LogP contribution in [-0.2, 0) is 12.8 Å². The summed E-state index contributed by atoms with van der Waals surface area (Å²) in [6.45, 7) is 4.52. The fraction of sp³-hybridized carbons (Fsp3) is 0.333. The van der Waals surface area contributed by atoms with Crippen molar-refractivity contribution in [3.8, 4) is 22.6 Å². The van der Waals surface area contributed by atoms with E-state index in [9.17, 15) is 0 Å². The van der Waals surface area contributed by atoms with Crippen LogP contribution in [0.4, 0.5) is 0 Å². The van der Waals surface area contributed by atoms with Crippen LogP contribution < -0.4 is 0 Å². The predicted octanol–water partition coefficient (Wildman–Crippen LogP) is 12.0. The number of fused-ring (bicyclic) bond motifs is 4. The van der Waals surface area contributed by atoms with E-state index in [0.29, 0.717) is 0 Å². The van der Waals surface area contributed by atoms with Gasteiger partial charge in [0.2, 0.25) is 0 Å². The minimum atomic E-state index is 0.867. The van der Waals surface area contributed by atoms with Crippen molar-refractivity contribution < 1.29 is 8.83 Å². The van der Waals surface area contributed by atoms with Gasteiger partial charge in [-0.15, -0.1) is 22.7 Å². The molecule has 0 unspecified atom stereocenters. The number of aryl methyl sites for hydroxylation is 2. The van der Waals surface area contributed by atoms with Gasteiger partial charge < -0.3 is 8.83 Å². The summed E-state index contributed by atoms with van der Waals surface area (Å²) >= 11 is 3.61. The number of unbranched alkanes of at least 4 members (excludes halogenated alkanes) is 6. The topological polar surface area (TPSA) is 52.1 Å². The van der Waals surface area contributed by atoms with Crippen LogP contribution in [0.2, 0.25) is 0 Å². The van der Waals surface area contributed by atoms with Crippen LogP contribution in [0.15, 0.2) is 69.5 Å². The quantitative estimate of drug-likeness (QED) is 0.132. The smallest absolute Gasteiger partial charge is 0.139 e. The molecule has 0 atom stereocenters. The normalized spacial score (nSPS) is 12.0. The van der Waals surface area contributed by atoms with Crippen molar-refractivity contribution in [2.45, 2.75) is 78.1 Å². The molecular formula is C36H36N2O2S2. The fourth-order valence-corrected chi connectivity index (χ4v) is 8.23. The van der Waals surface area contributed by atoms with Gasteiger partial charge in [0.1, 0.15) is 22.7 Å². The number of hydrogen-bond acceptors (Lipinski definition) is 6. The van der Waals surface area contributed by atoms with Gasteiger partial charge in [0.05, 0.1) is 41.6 Å². The second kappa shape index (κ2) is 12.0. The van der Waals surface area contributed by atoms with E-state index in [4.69, 9.17) is 18.8 Å². The van der Waals surface area contributed by atoms with Gasteiger partial charge in [-0.05, 0) is 49.9 Å². The van der Waals surface area contributed by atoms with E-state index in [1.807, 2.05) is 24.3 Å². The molecule has 0 aliphatic carbocycles. The molecule has 0 amide bonds. The second-order valence-electron chi connectivity index (χ2n) is 11.2. The molecule has 0 aliphatic rings. The number of benzene rings is 3. The Morgan fingerprint density at radius 3 is 1.45 bits per heavy atom. The lowest BCUT2D eigenvalue weighted by Gasteiger charge is -2.06. The number of furan rings is 2. The van der Waals surface area contributed by atoms with Gasteiger partial charge in [-0.3, -0.25) is 0 Å². The van der Waals surface area contributed by atoms with E-state index in [-0.39, 0.29) is 0 Å². The average Bonchev–Trinajstić information content (AvgIpc) is 3.80. The first-order valence-corrected chi connectivity index (χ1v) is 17.1. The predicted molar refractivity (Wildman–Crippen MR) is 179 cm³/mol. The Bertz CT molecular complexity index is 1730. The molecule has 214 valence electrons. The minimum Gasteiger partial charge on any atom is -0.456 e. The molecule has 3 aromatic carbocycles. The summed E-state index contributed by atoms with van der Waals surface area (Å²) in [5, 5.41) is 4.56. The summed E-state index contributed by atoms with van der Waals surface area (Å²) in [5.41, 5.74) is 5.96. The molecule has 7 aromatic rings. The molecular weight excluding hydrogens is 557 g/mol. The van der Waals surface area contributed by atoms with Crippen molar-refractivity contribution in [3.63, 3.8) is 0 Å². The van der Waals surface area contributed by atoms with E-state index in [1.54, 1.807) is 22.7 Å². The molecule has 0 saturated heterocycles. The maximum absolute atomic E-state index is 6.53. The monoisotopic (exact) mass is 592 g/mol. The van der Waals surface area contributed by atoms with Crippen molar-refractivity contribution in [2.75, 3.05) is 0 Å². The van der Waals surface area contributed by atoms with Crippen molar-refractivity contribution >= 4 is 65.0 Å². The largest absolute Gasteiger partial charge is 0.456 e. The Hall–Kier alpha value is -3.48. The third-order valence-electron chi connectivity index (χ3n) is 8.10. The van der Waals surface area contributed by atoms with E-state index < -0.39 is 0 Å². The van der Waals surface area contributed by atoms with Crippen LogP contribution in [0.25, 0.3) is 65.0 Å². The summed E-state index contributed by atoms with van der Waals surface area (Å²) < 4.78 is 15.3. The van der Waals surface area contributed by atoms with E-state index in [1.165, 1.54) is 48.5 Å². The summed E-state index contributed by atoms with van der Waals surface area (Å²) in [6, 6.07) is 20.9. The highest BCUT2D eigenvalue weighted by Gasteiger charge is 2.27. The van der Waals surface area contributed by atoms with Gasteiger partial charge >= 0.3 is 0 Å². The number of nitrogens with zero attached hydrogens (tertiary/aromatic N) is 2. The Morgan fingerprint density at radius 2 is 1.02 bits per heavy atom. The van der Waals surface area contributed by atoms with Crippen LogP contribution in [0.5, 0.6) is 0 Å². The first-order valence-electron chi connectivity index (χ1n) is 15.5. The highest BCUT2D eigenvalue weighted by atomic mass is 32.1. The molecule has 0 bridgehead atoms. The zero-order valence-corrected chi connectivity index (χ0v) is 26.0. The molecule has 0 saturated carbocycles. The molecule has 0 fully saturated rings. The molecule has 0 spiro atoms. The third-order valence-corrected chi connectivity index (χ3v) is 10.4. The molecule has 4 aromatic heterocycles. The van der Waals surface area contributed by atoms with Gasteiger partial charge in [-0.1, -0.05) is 88.8 Å². The summed E-state index contributed by atoms with van der Waals surface area (Å²) in [4.78, 5) is 10.7. The molecule has 4 nitrogen and oxygen atoms in total. The molecule has 42 heavy (non-hydrogen) atoms. The first kappa shape index (κ1) is 27.4. The Morgan fingerprint density at radius 1 is 0.571 bits per heavy atom. The Balaban J connectivity index is 1.47. The van der Waals surface area contributed by atoms with E-state index >= 15 is 0 Å². The lowest BCUT2D eigenvalue weighted by molar-refractivity contribution is 0.631. The van der Waals surface area contributed by atoms with Crippen molar-refractivity contribution in [2.24, 2.45) is 0 Å². The van der Waals surface area contributed by atoms with Crippen LogP contribution in [0, 0.1) is 0 Å². The minimum absolute atomic E-state index is 0.867. The summed E-state index contributed by atoms with van der Waals surface area (Å²) in [6.07, 6.45) is 11.7. The average molecular weight is 593 g/mol. The van der Waals surface area contributed by atoms with E-state index in [0.717, 1.165) is 90.7 Å². The van der Waals surface area contributed by atoms with Crippen molar-refractivity contribution in [1.29, 1.82) is 0 Å². The van der Waals surface area contributed by atoms with Crippen molar-refractivity contribution in [3.05, 3.63) is 70.7 Å². The summed E-state index contributed by atoms with van der Waals surface area (Å²) in [5.74, 6) is 1.73.